The number of nitrogens with zero attached hydrogens (tertiary/aromatic N) is 4. The lowest BCUT2D eigenvalue weighted by Crippen LogP contribution is -2.32. The topological polar surface area (TPSA) is 90.2 Å². The number of amides is 1. The molecule has 0 unspecified atom stereocenters. The largest absolute Gasteiger partial charge is 0.469 e. The van der Waals surface area contributed by atoms with Crippen molar-refractivity contribution >= 4 is 17.7 Å². The van der Waals surface area contributed by atoms with Crippen LogP contribution in [0.1, 0.15) is 30.2 Å². The van der Waals surface area contributed by atoms with Gasteiger partial charge in [-0.05, 0) is 31.9 Å². The summed E-state index contributed by atoms with van der Waals surface area (Å²) in [6, 6.07) is 10.1. The summed E-state index contributed by atoms with van der Waals surface area (Å²) in [4.78, 5) is 14.6. The molecule has 2 heterocycles. The summed E-state index contributed by atoms with van der Waals surface area (Å²) in [5.41, 5.74) is 3.12. The predicted molar refractivity (Wildman–Crippen MR) is 110 cm³/mol. The van der Waals surface area contributed by atoms with Crippen molar-refractivity contribution in [1.29, 1.82) is 0 Å². The summed E-state index contributed by atoms with van der Waals surface area (Å²) in [6.45, 7) is 7.27. The zero-order valence-electron chi connectivity index (χ0n) is 16.4. The number of benzene rings is 1. The minimum absolute atomic E-state index is 0.0523. The van der Waals surface area contributed by atoms with E-state index in [1.807, 2.05) is 11.8 Å². The van der Waals surface area contributed by atoms with Crippen LogP contribution in [-0.2, 0) is 11.3 Å². The van der Waals surface area contributed by atoms with E-state index in [9.17, 15) is 4.79 Å². The van der Waals surface area contributed by atoms with Crippen LogP contribution >= 0.6 is 11.8 Å². The van der Waals surface area contributed by atoms with Crippen molar-refractivity contribution in [3.8, 4) is 11.4 Å². The normalized spacial score (nSPS) is 11.0. The highest BCUT2D eigenvalue weighted by Gasteiger charge is 2.19. The molecule has 1 amide bonds. The lowest BCUT2D eigenvalue weighted by molar-refractivity contribution is -0.129. The summed E-state index contributed by atoms with van der Waals surface area (Å²) in [5, 5.41) is 8.75. The number of carbonyl (C=O) groups excluding carboxylic acids is 1. The number of hydrogen-bond acceptors (Lipinski definition) is 6. The Hall–Kier alpha value is -2.74. The first-order chi connectivity index (χ1) is 13.5. The van der Waals surface area contributed by atoms with Crippen LogP contribution in [0.25, 0.3) is 11.4 Å². The van der Waals surface area contributed by atoms with E-state index in [2.05, 4.69) is 48.3 Å². The second kappa shape index (κ2) is 8.97. The van der Waals surface area contributed by atoms with Gasteiger partial charge in [-0.15, -0.1) is 10.2 Å². The molecule has 0 saturated carbocycles. The van der Waals surface area contributed by atoms with Crippen molar-refractivity contribution in [3.05, 3.63) is 53.5 Å². The van der Waals surface area contributed by atoms with Gasteiger partial charge in [-0.2, -0.15) is 0 Å². The number of aryl methyl sites for hydroxylation is 2. The van der Waals surface area contributed by atoms with Crippen LogP contribution in [0, 0.1) is 13.8 Å². The van der Waals surface area contributed by atoms with Gasteiger partial charge in [0.25, 0.3) is 0 Å². The fraction of sp³-hybridized carbons (Fsp3) is 0.350. The minimum atomic E-state index is 0.0523. The maximum absolute atomic E-state index is 12.8. The SMILES string of the molecule is CCCN(Cc1ccc(C)cc1)C(=O)CSc1nnc(-c2ccoc2C)n1N. The van der Waals surface area contributed by atoms with Crippen molar-refractivity contribution in [1.82, 2.24) is 19.8 Å². The van der Waals surface area contributed by atoms with Gasteiger partial charge in [0.15, 0.2) is 5.82 Å². The predicted octanol–water partition coefficient (Wildman–Crippen LogP) is 3.40. The first kappa shape index (κ1) is 20.0. The Morgan fingerprint density at radius 2 is 1.96 bits per heavy atom. The fourth-order valence-corrected chi connectivity index (χ4v) is 3.63. The average molecular weight is 400 g/mol. The van der Waals surface area contributed by atoms with Crippen LogP contribution in [0.3, 0.4) is 0 Å². The maximum Gasteiger partial charge on any atom is 0.233 e. The van der Waals surface area contributed by atoms with Crippen LogP contribution in [0.2, 0.25) is 0 Å². The highest BCUT2D eigenvalue weighted by atomic mass is 32.2. The summed E-state index contributed by atoms with van der Waals surface area (Å²) in [6.07, 6.45) is 2.49. The number of carbonyl (C=O) groups is 1. The summed E-state index contributed by atoms with van der Waals surface area (Å²) >= 11 is 1.29. The molecule has 0 fully saturated rings. The summed E-state index contributed by atoms with van der Waals surface area (Å²) < 4.78 is 6.70. The molecule has 148 valence electrons. The van der Waals surface area contributed by atoms with E-state index in [-0.39, 0.29) is 11.7 Å². The molecule has 3 rings (SSSR count). The maximum atomic E-state index is 12.8. The summed E-state index contributed by atoms with van der Waals surface area (Å²) in [5.74, 6) is 7.68. The highest BCUT2D eigenvalue weighted by molar-refractivity contribution is 7.99. The Morgan fingerprint density at radius 1 is 1.21 bits per heavy atom. The monoisotopic (exact) mass is 399 g/mol. The van der Waals surface area contributed by atoms with Gasteiger partial charge in [-0.1, -0.05) is 48.5 Å². The van der Waals surface area contributed by atoms with Crippen LogP contribution in [0.4, 0.5) is 0 Å². The molecule has 1 aromatic carbocycles. The molecule has 0 radical (unpaired) electrons. The first-order valence-corrected chi connectivity index (χ1v) is 10.2. The number of hydrogen-bond donors (Lipinski definition) is 1. The molecule has 0 aliphatic carbocycles. The molecular formula is C20H25N5O2S. The van der Waals surface area contributed by atoms with Crippen molar-refractivity contribution in [2.75, 3.05) is 18.1 Å². The lowest BCUT2D eigenvalue weighted by Gasteiger charge is -2.22. The average Bonchev–Trinajstić information content (AvgIpc) is 3.26. The Bertz CT molecular complexity index is 932. The molecule has 0 atom stereocenters. The van der Waals surface area contributed by atoms with Gasteiger partial charge in [0.05, 0.1) is 17.6 Å². The zero-order chi connectivity index (χ0) is 20.1. The van der Waals surface area contributed by atoms with E-state index in [1.165, 1.54) is 22.0 Å². The van der Waals surface area contributed by atoms with Crippen LogP contribution < -0.4 is 5.84 Å². The molecule has 28 heavy (non-hydrogen) atoms. The second-order valence-electron chi connectivity index (χ2n) is 6.66. The Kier molecular flexibility index (Phi) is 6.41. The first-order valence-electron chi connectivity index (χ1n) is 9.20. The summed E-state index contributed by atoms with van der Waals surface area (Å²) in [7, 11) is 0. The van der Waals surface area contributed by atoms with E-state index in [1.54, 1.807) is 12.3 Å². The quantitative estimate of drug-likeness (QED) is 0.461. The molecule has 0 aliphatic heterocycles. The molecule has 2 N–H and O–H groups in total. The molecule has 8 heteroatoms. The van der Waals surface area contributed by atoms with Gasteiger partial charge in [-0.3, -0.25) is 4.79 Å². The van der Waals surface area contributed by atoms with Crippen LogP contribution in [0.15, 0.2) is 46.2 Å². The van der Waals surface area contributed by atoms with Gasteiger partial charge >= 0.3 is 0 Å². The van der Waals surface area contributed by atoms with Crippen LogP contribution in [0.5, 0.6) is 0 Å². The third-order valence-corrected chi connectivity index (χ3v) is 5.36. The van der Waals surface area contributed by atoms with Crippen molar-refractivity contribution < 1.29 is 9.21 Å². The van der Waals surface area contributed by atoms with Gasteiger partial charge in [0.1, 0.15) is 5.76 Å². The molecule has 7 nitrogen and oxygen atoms in total. The van der Waals surface area contributed by atoms with Gasteiger partial charge in [0.2, 0.25) is 11.1 Å². The van der Waals surface area contributed by atoms with Gasteiger partial charge in [-0.25, -0.2) is 4.68 Å². The smallest absolute Gasteiger partial charge is 0.233 e. The number of nitrogens with two attached hydrogens (primary N) is 1. The molecule has 0 bridgehead atoms. The Balaban J connectivity index is 1.65. The molecule has 0 aliphatic rings. The van der Waals surface area contributed by atoms with E-state index in [0.717, 1.165) is 23.3 Å². The van der Waals surface area contributed by atoms with E-state index in [4.69, 9.17) is 10.3 Å². The number of thioether (sulfide) groups is 1. The van der Waals surface area contributed by atoms with E-state index < -0.39 is 0 Å². The third kappa shape index (κ3) is 4.56. The molecule has 2 aromatic heterocycles. The Labute approximate surface area is 168 Å². The Morgan fingerprint density at radius 3 is 2.61 bits per heavy atom. The number of rotatable bonds is 8. The lowest BCUT2D eigenvalue weighted by atomic mass is 10.1. The van der Waals surface area contributed by atoms with Crippen molar-refractivity contribution in [3.63, 3.8) is 0 Å². The number of nitrogen functional groups attached to an aromatic ring is 1. The third-order valence-electron chi connectivity index (χ3n) is 4.43. The standard InChI is InChI=1S/C20H25N5O2S/c1-4-10-24(12-16-7-5-14(2)6-8-16)18(26)13-28-20-23-22-19(25(20)21)17-9-11-27-15(17)3/h5-9,11H,4,10,12-13,21H2,1-3H3. The van der Waals surface area contributed by atoms with Crippen LogP contribution in [-0.4, -0.2) is 38.0 Å². The molecule has 0 spiro atoms. The molecule has 3 aromatic rings. The van der Waals surface area contributed by atoms with Crippen molar-refractivity contribution in [2.45, 2.75) is 38.9 Å². The highest BCUT2D eigenvalue weighted by Crippen LogP contribution is 2.25. The van der Waals surface area contributed by atoms with Crippen molar-refractivity contribution in [2.24, 2.45) is 0 Å². The molecule has 0 saturated heterocycles. The fourth-order valence-electron chi connectivity index (χ4n) is 2.87. The zero-order valence-corrected chi connectivity index (χ0v) is 17.2. The van der Waals surface area contributed by atoms with E-state index in [0.29, 0.717) is 24.1 Å². The van der Waals surface area contributed by atoms with E-state index >= 15 is 0 Å². The number of furan rings is 1. The number of aromatic nitrogens is 3. The second-order valence-corrected chi connectivity index (χ2v) is 7.60. The minimum Gasteiger partial charge on any atom is -0.469 e. The van der Waals surface area contributed by atoms with Gasteiger partial charge < -0.3 is 15.2 Å². The molecular weight excluding hydrogens is 374 g/mol. The van der Waals surface area contributed by atoms with Gasteiger partial charge in [0, 0.05) is 13.1 Å².